The number of hydrogen-bond acceptors (Lipinski definition) is 1. The van der Waals surface area contributed by atoms with Crippen molar-refractivity contribution < 1.29 is 0 Å². The summed E-state index contributed by atoms with van der Waals surface area (Å²) >= 11 is 2.30. The number of nitrogen functional groups attached to an aromatic ring is 1. The van der Waals surface area contributed by atoms with E-state index >= 15 is 0 Å². The van der Waals surface area contributed by atoms with Crippen molar-refractivity contribution >= 4 is 63.1 Å². The van der Waals surface area contributed by atoms with Gasteiger partial charge in [-0.1, -0.05) is 29.7 Å². The summed E-state index contributed by atoms with van der Waals surface area (Å²) < 4.78 is 1.13. The highest BCUT2D eigenvalue weighted by Gasteiger charge is 2.06. The summed E-state index contributed by atoms with van der Waals surface area (Å²) in [4.78, 5) is 0. The lowest BCUT2D eigenvalue weighted by Crippen LogP contribution is -2.12. The number of fused-ring (bicyclic) bond motifs is 2. The Morgan fingerprint density at radius 3 is 2.29 bits per heavy atom. The van der Waals surface area contributed by atoms with E-state index in [1.54, 1.807) is 0 Å². The quantitative estimate of drug-likeness (QED) is 0.291. The van der Waals surface area contributed by atoms with E-state index in [2.05, 4.69) is 72.9 Å². The molecule has 0 spiro atoms. The lowest BCUT2D eigenvalue weighted by atomic mass is 9.87. The number of halogens is 1. The second kappa shape index (κ2) is 3.91. The van der Waals surface area contributed by atoms with E-state index in [0.29, 0.717) is 0 Å². The van der Waals surface area contributed by atoms with E-state index in [-0.39, 0.29) is 0 Å². The van der Waals surface area contributed by atoms with Gasteiger partial charge in [-0.3, -0.25) is 0 Å². The van der Waals surface area contributed by atoms with Crippen molar-refractivity contribution in [2.75, 3.05) is 5.73 Å². The molecule has 17 heavy (non-hydrogen) atoms. The van der Waals surface area contributed by atoms with E-state index < -0.39 is 0 Å². The molecule has 0 radical (unpaired) electrons. The molecule has 0 aliphatic rings. The zero-order valence-electron chi connectivity index (χ0n) is 9.50. The average Bonchev–Trinajstić information content (AvgIpc) is 2.34. The molecule has 0 heterocycles. The maximum atomic E-state index is 6.08. The van der Waals surface area contributed by atoms with Crippen molar-refractivity contribution in [1.82, 2.24) is 0 Å². The number of rotatable bonds is 0. The van der Waals surface area contributed by atoms with Gasteiger partial charge in [0.1, 0.15) is 7.85 Å². The maximum Gasteiger partial charge on any atom is 0.142 e. The predicted octanol–water partition coefficient (Wildman–Crippen LogP) is 2.44. The van der Waals surface area contributed by atoms with Crippen LogP contribution in [0, 0.1) is 3.57 Å². The van der Waals surface area contributed by atoms with Gasteiger partial charge < -0.3 is 5.73 Å². The van der Waals surface area contributed by atoms with Crippen molar-refractivity contribution in [2.45, 2.75) is 0 Å². The normalized spacial score (nSPS) is 11.1. The van der Waals surface area contributed by atoms with Crippen LogP contribution in [-0.4, -0.2) is 7.85 Å². The molecule has 0 aromatic heterocycles. The fraction of sp³-hybridized carbons (Fsp3) is 0. The zero-order chi connectivity index (χ0) is 12.0. The summed E-state index contributed by atoms with van der Waals surface area (Å²) in [5, 5.41) is 5.06. The molecule has 3 aromatic carbocycles. The van der Waals surface area contributed by atoms with Gasteiger partial charge in [0.25, 0.3) is 0 Å². The van der Waals surface area contributed by atoms with Gasteiger partial charge in [0, 0.05) is 9.26 Å². The Balaban J connectivity index is 2.52. The van der Waals surface area contributed by atoms with Gasteiger partial charge in [0.05, 0.1) is 0 Å². The van der Waals surface area contributed by atoms with Crippen molar-refractivity contribution in [1.29, 1.82) is 0 Å². The standard InChI is InChI=1S/C14H11BIN/c15-13-11-6-9-4-2-1-3-8(9)5-10(11)7-12(16)14(13)17/h1-7H,15,17H2. The molecule has 0 atom stereocenters. The molecular formula is C14H11BIN. The summed E-state index contributed by atoms with van der Waals surface area (Å²) in [6.45, 7) is 0. The second-order valence-corrected chi connectivity index (χ2v) is 5.48. The van der Waals surface area contributed by atoms with Crippen LogP contribution in [0.25, 0.3) is 21.5 Å². The summed E-state index contributed by atoms with van der Waals surface area (Å²) in [5.41, 5.74) is 8.16. The molecule has 1 nitrogen and oxygen atoms in total. The largest absolute Gasteiger partial charge is 0.398 e. The van der Waals surface area contributed by atoms with Crippen molar-refractivity contribution in [3.63, 3.8) is 0 Å². The number of anilines is 1. The van der Waals surface area contributed by atoms with Crippen molar-refractivity contribution in [3.8, 4) is 0 Å². The van der Waals surface area contributed by atoms with E-state index in [1.807, 2.05) is 0 Å². The number of nitrogens with two attached hydrogens (primary N) is 1. The Morgan fingerprint density at radius 2 is 1.59 bits per heavy atom. The molecule has 0 saturated carbocycles. The molecule has 0 amide bonds. The first-order valence-corrected chi connectivity index (χ1v) is 6.62. The Morgan fingerprint density at radius 1 is 0.941 bits per heavy atom. The Bertz CT molecular complexity index is 737. The summed E-state index contributed by atoms with van der Waals surface area (Å²) in [7, 11) is 2.09. The molecule has 3 aromatic rings. The van der Waals surface area contributed by atoms with Gasteiger partial charge in [0.15, 0.2) is 0 Å². The molecule has 0 fully saturated rings. The Labute approximate surface area is 115 Å². The molecule has 0 unspecified atom stereocenters. The predicted molar refractivity (Wildman–Crippen MR) is 86.8 cm³/mol. The fourth-order valence-corrected chi connectivity index (χ4v) is 2.98. The van der Waals surface area contributed by atoms with Gasteiger partial charge in [-0.25, -0.2) is 0 Å². The highest BCUT2D eigenvalue weighted by molar-refractivity contribution is 14.1. The van der Waals surface area contributed by atoms with Crippen LogP contribution >= 0.6 is 22.6 Å². The van der Waals surface area contributed by atoms with Crippen LogP contribution < -0.4 is 11.2 Å². The molecule has 2 N–H and O–H groups in total. The summed E-state index contributed by atoms with van der Waals surface area (Å²) in [5.74, 6) is 0. The van der Waals surface area contributed by atoms with E-state index in [1.165, 1.54) is 27.0 Å². The van der Waals surface area contributed by atoms with Gasteiger partial charge in [-0.15, -0.1) is 0 Å². The molecule has 0 saturated heterocycles. The molecule has 0 bridgehead atoms. The van der Waals surface area contributed by atoms with Crippen LogP contribution in [0.4, 0.5) is 5.69 Å². The maximum absolute atomic E-state index is 6.08. The molecule has 3 rings (SSSR count). The minimum absolute atomic E-state index is 0.897. The smallest absolute Gasteiger partial charge is 0.142 e. The number of hydrogen-bond donors (Lipinski definition) is 1. The Kier molecular flexibility index (Phi) is 2.51. The average molecular weight is 331 g/mol. The first-order chi connectivity index (χ1) is 8.16. The van der Waals surface area contributed by atoms with Crippen molar-refractivity contribution in [2.24, 2.45) is 0 Å². The van der Waals surface area contributed by atoms with Crippen LogP contribution in [0.3, 0.4) is 0 Å². The highest BCUT2D eigenvalue weighted by Crippen LogP contribution is 2.25. The summed E-state index contributed by atoms with van der Waals surface area (Å²) in [6.07, 6.45) is 0. The van der Waals surface area contributed by atoms with E-state index in [0.717, 1.165) is 9.26 Å². The monoisotopic (exact) mass is 331 g/mol. The van der Waals surface area contributed by atoms with Crippen LogP contribution in [0.2, 0.25) is 0 Å². The minimum atomic E-state index is 0.897. The third kappa shape index (κ3) is 1.69. The third-order valence-electron chi connectivity index (χ3n) is 3.27. The van der Waals surface area contributed by atoms with Crippen LogP contribution in [-0.2, 0) is 0 Å². The van der Waals surface area contributed by atoms with Crippen LogP contribution in [0.1, 0.15) is 0 Å². The topological polar surface area (TPSA) is 26.0 Å². The fourth-order valence-electron chi connectivity index (χ4n) is 2.24. The highest BCUT2D eigenvalue weighted by atomic mass is 127. The van der Waals surface area contributed by atoms with Crippen LogP contribution in [0.15, 0.2) is 42.5 Å². The second-order valence-electron chi connectivity index (χ2n) is 4.32. The van der Waals surface area contributed by atoms with Crippen molar-refractivity contribution in [3.05, 3.63) is 46.0 Å². The Hall–Kier alpha value is -1.23. The molecule has 0 aliphatic heterocycles. The molecule has 3 heteroatoms. The van der Waals surface area contributed by atoms with E-state index in [9.17, 15) is 0 Å². The lowest BCUT2D eigenvalue weighted by Gasteiger charge is -2.10. The summed E-state index contributed by atoms with van der Waals surface area (Å²) in [6, 6.07) is 15.1. The molecule has 0 aliphatic carbocycles. The third-order valence-corrected chi connectivity index (χ3v) is 4.16. The zero-order valence-corrected chi connectivity index (χ0v) is 11.7. The van der Waals surface area contributed by atoms with Crippen LogP contribution in [0.5, 0.6) is 0 Å². The lowest BCUT2D eigenvalue weighted by molar-refractivity contribution is 1.72. The molecule has 82 valence electrons. The van der Waals surface area contributed by atoms with Gasteiger partial charge >= 0.3 is 0 Å². The molecular weight excluding hydrogens is 320 g/mol. The van der Waals surface area contributed by atoms with Gasteiger partial charge in [0.2, 0.25) is 0 Å². The van der Waals surface area contributed by atoms with E-state index in [4.69, 9.17) is 5.73 Å². The van der Waals surface area contributed by atoms with Gasteiger partial charge in [-0.2, -0.15) is 0 Å². The minimum Gasteiger partial charge on any atom is -0.398 e. The van der Waals surface area contributed by atoms with Gasteiger partial charge in [-0.05, 0) is 62.3 Å². The SMILES string of the molecule is Bc1c(N)c(I)cc2cc3ccccc3cc12. The number of benzene rings is 3. The first-order valence-electron chi connectivity index (χ1n) is 5.54. The first kappa shape index (κ1) is 10.9.